The van der Waals surface area contributed by atoms with Crippen LogP contribution >= 0.6 is 11.3 Å². The lowest BCUT2D eigenvalue weighted by Gasteiger charge is -2.11. The van der Waals surface area contributed by atoms with Crippen molar-refractivity contribution in [2.45, 2.75) is 13.3 Å². The van der Waals surface area contributed by atoms with Crippen molar-refractivity contribution in [3.63, 3.8) is 0 Å². The number of urea groups is 1. The molecule has 2 heterocycles. The third-order valence-electron chi connectivity index (χ3n) is 5.62. The number of nitrogens with one attached hydrogen (secondary N) is 2. The Labute approximate surface area is 201 Å². The molecule has 0 unspecified atom stereocenters. The van der Waals surface area contributed by atoms with Gasteiger partial charge in [-0.1, -0.05) is 60.7 Å². The van der Waals surface area contributed by atoms with Crippen molar-refractivity contribution < 1.29 is 4.79 Å². The van der Waals surface area contributed by atoms with Crippen molar-refractivity contribution in [1.82, 2.24) is 9.97 Å². The van der Waals surface area contributed by atoms with E-state index in [4.69, 9.17) is 5.73 Å². The van der Waals surface area contributed by atoms with E-state index in [0.29, 0.717) is 11.5 Å². The predicted molar refractivity (Wildman–Crippen MR) is 140 cm³/mol. The van der Waals surface area contributed by atoms with Gasteiger partial charge in [-0.15, -0.1) is 11.3 Å². The Morgan fingerprint density at radius 3 is 2.41 bits per heavy atom. The number of aryl methyl sites for hydroxylation is 1. The smallest absolute Gasteiger partial charge is 0.323 e. The van der Waals surface area contributed by atoms with Crippen LogP contribution in [0.15, 0.2) is 85.2 Å². The second-order valence-electron chi connectivity index (χ2n) is 7.97. The molecule has 0 fully saturated rings. The Hall–Kier alpha value is -4.23. The van der Waals surface area contributed by atoms with Gasteiger partial charge in [-0.05, 0) is 41.8 Å². The molecule has 2 amide bonds. The zero-order valence-corrected chi connectivity index (χ0v) is 19.4. The number of rotatable bonds is 5. The van der Waals surface area contributed by atoms with Crippen LogP contribution in [0.3, 0.4) is 0 Å². The first-order chi connectivity index (χ1) is 16.6. The Kier molecular flexibility index (Phi) is 5.93. The lowest BCUT2D eigenvalue weighted by Crippen LogP contribution is -2.19. The maximum atomic E-state index is 12.5. The van der Waals surface area contributed by atoms with Gasteiger partial charge >= 0.3 is 6.03 Å². The van der Waals surface area contributed by atoms with Crippen LogP contribution < -0.4 is 16.4 Å². The topological polar surface area (TPSA) is 92.9 Å². The standard InChI is InChI=1S/C27H23N5OS/c1-17-7-5-6-10-21(17)32-27(33)31-20-13-11-19(12-14-20)23-22(15-18-8-3-2-4-9-18)34-26-24(23)25(28)29-16-30-26/h2-14,16H,15H2,1H3,(H2,28,29,30)(H2,31,32,33). The molecule has 0 bridgehead atoms. The largest absolute Gasteiger partial charge is 0.383 e. The number of aromatic nitrogens is 2. The fourth-order valence-corrected chi connectivity index (χ4v) is 5.13. The number of amides is 2. The van der Waals surface area contributed by atoms with Crippen molar-refractivity contribution in [3.8, 4) is 11.1 Å². The minimum absolute atomic E-state index is 0.287. The maximum absolute atomic E-state index is 12.5. The van der Waals surface area contributed by atoms with Gasteiger partial charge in [0, 0.05) is 28.2 Å². The number of nitrogens with zero attached hydrogens (tertiary/aromatic N) is 2. The van der Waals surface area contributed by atoms with Crippen LogP contribution in [0, 0.1) is 6.92 Å². The number of hydrogen-bond donors (Lipinski definition) is 3. The lowest BCUT2D eigenvalue weighted by molar-refractivity contribution is 0.262. The molecular formula is C27H23N5OS. The normalized spacial score (nSPS) is 10.9. The predicted octanol–water partition coefficient (Wildman–Crippen LogP) is 6.48. The SMILES string of the molecule is Cc1ccccc1NC(=O)Nc1ccc(-c2c(Cc3ccccc3)sc3ncnc(N)c23)cc1. The Balaban J connectivity index is 1.44. The summed E-state index contributed by atoms with van der Waals surface area (Å²) in [5, 5.41) is 6.66. The quantitative estimate of drug-likeness (QED) is 0.277. The monoisotopic (exact) mass is 465 g/mol. The van der Waals surface area contributed by atoms with Crippen LogP contribution in [0.25, 0.3) is 21.3 Å². The number of benzene rings is 3. The summed E-state index contributed by atoms with van der Waals surface area (Å²) in [6.07, 6.45) is 2.28. The summed E-state index contributed by atoms with van der Waals surface area (Å²) in [6.45, 7) is 1.96. The highest BCUT2D eigenvalue weighted by atomic mass is 32.1. The van der Waals surface area contributed by atoms with E-state index in [1.54, 1.807) is 11.3 Å². The summed E-state index contributed by atoms with van der Waals surface area (Å²) in [5.74, 6) is 0.468. The highest BCUT2D eigenvalue weighted by Gasteiger charge is 2.18. The van der Waals surface area contributed by atoms with E-state index in [2.05, 4.69) is 32.7 Å². The van der Waals surface area contributed by atoms with Crippen LogP contribution in [-0.4, -0.2) is 16.0 Å². The molecule has 168 valence electrons. The third-order valence-corrected chi connectivity index (χ3v) is 6.72. The van der Waals surface area contributed by atoms with Gasteiger partial charge in [-0.2, -0.15) is 0 Å². The molecule has 0 spiro atoms. The summed E-state index contributed by atoms with van der Waals surface area (Å²) in [4.78, 5) is 23.2. The summed E-state index contributed by atoms with van der Waals surface area (Å²) >= 11 is 1.63. The fourth-order valence-electron chi connectivity index (χ4n) is 3.93. The molecule has 3 aromatic carbocycles. The Morgan fingerprint density at radius 2 is 1.65 bits per heavy atom. The average molecular weight is 466 g/mol. The minimum Gasteiger partial charge on any atom is -0.383 e. The number of hydrogen-bond acceptors (Lipinski definition) is 5. The van der Waals surface area contributed by atoms with Crippen molar-refractivity contribution in [2.24, 2.45) is 0 Å². The molecule has 5 rings (SSSR count). The summed E-state index contributed by atoms with van der Waals surface area (Å²) < 4.78 is 0. The number of anilines is 3. The number of fused-ring (bicyclic) bond motifs is 1. The molecule has 0 aliphatic heterocycles. The van der Waals surface area contributed by atoms with Gasteiger partial charge in [-0.25, -0.2) is 14.8 Å². The Bertz CT molecular complexity index is 1460. The lowest BCUT2D eigenvalue weighted by atomic mass is 9.99. The van der Waals surface area contributed by atoms with Gasteiger partial charge in [0.25, 0.3) is 0 Å². The van der Waals surface area contributed by atoms with Gasteiger partial charge in [-0.3, -0.25) is 0 Å². The molecule has 6 nitrogen and oxygen atoms in total. The van der Waals surface area contributed by atoms with Crippen LogP contribution in [0.2, 0.25) is 0 Å². The van der Waals surface area contributed by atoms with Gasteiger partial charge < -0.3 is 16.4 Å². The van der Waals surface area contributed by atoms with Crippen LogP contribution in [0.1, 0.15) is 16.0 Å². The van der Waals surface area contributed by atoms with Crippen molar-refractivity contribution in [2.75, 3.05) is 16.4 Å². The molecule has 0 saturated heterocycles. The van der Waals surface area contributed by atoms with E-state index < -0.39 is 0 Å². The van der Waals surface area contributed by atoms with Crippen LogP contribution in [0.4, 0.5) is 22.0 Å². The van der Waals surface area contributed by atoms with Crippen molar-refractivity contribution >= 4 is 44.8 Å². The molecular weight excluding hydrogens is 442 g/mol. The fraction of sp³-hybridized carbons (Fsp3) is 0.0741. The molecule has 0 aliphatic rings. The van der Waals surface area contributed by atoms with E-state index in [-0.39, 0.29) is 6.03 Å². The molecule has 5 aromatic rings. The number of nitrogens with two attached hydrogens (primary N) is 1. The van der Waals surface area contributed by atoms with Crippen LogP contribution in [0.5, 0.6) is 0 Å². The Morgan fingerprint density at radius 1 is 0.912 bits per heavy atom. The first-order valence-corrected chi connectivity index (χ1v) is 11.7. The molecule has 0 radical (unpaired) electrons. The van der Waals surface area contributed by atoms with E-state index in [0.717, 1.165) is 39.0 Å². The van der Waals surface area contributed by atoms with Gasteiger partial charge in [0.15, 0.2) is 0 Å². The zero-order chi connectivity index (χ0) is 23.5. The highest BCUT2D eigenvalue weighted by molar-refractivity contribution is 7.19. The van der Waals surface area contributed by atoms with E-state index in [9.17, 15) is 4.79 Å². The number of carbonyl (C=O) groups is 1. The van der Waals surface area contributed by atoms with Crippen molar-refractivity contribution in [1.29, 1.82) is 0 Å². The van der Waals surface area contributed by atoms with Crippen LogP contribution in [-0.2, 0) is 6.42 Å². The van der Waals surface area contributed by atoms with E-state index in [1.807, 2.05) is 73.7 Å². The number of nitrogen functional groups attached to an aromatic ring is 1. The van der Waals surface area contributed by atoms with E-state index >= 15 is 0 Å². The first kappa shape index (κ1) is 21.6. The second kappa shape index (κ2) is 9.33. The minimum atomic E-state index is -0.287. The van der Waals surface area contributed by atoms with Gasteiger partial charge in [0.1, 0.15) is 17.0 Å². The highest BCUT2D eigenvalue weighted by Crippen LogP contribution is 2.41. The van der Waals surface area contributed by atoms with Gasteiger partial charge in [0.05, 0.1) is 5.39 Å². The number of thiophene rings is 1. The van der Waals surface area contributed by atoms with Crippen molar-refractivity contribution in [3.05, 3.63) is 101 Å². The van der Waals surface area contributed by atoms with Gasteiger partial charge in [0.2, 0.25) is 0 Å². The summed E-state index contributed by atoms with van der Waals surface area (Å²) in [6, 6.07) is 25.5. The number of carbonyl (C=O) groups excluding carboxylic acids is 1. The molecule has 7 heteroatoms. The summed E-state index contributed by atoms with van der Waals surface area (Å²) in [5.41, 5.74) is 12.0. The molecule has 0 atom stereocenters. The maximum Gasteiger partial charge on any atom is 0.323 e. The summed E-state index contributed by atoms with van der Waals surface area (Å²) in [7, 11) is 0. The molecule has 4 N–H and O–H groups in total. The van der Waals surface area contributed by atoms with E-state index in [1.165, 1.54) is 16.8 Å². The average Bonchev–Trinajstić information content (AvgIpc) is 3.21. The third kappa shape index (κ3) is 4.46. The first-order valence-electron chi connectivity index (χ1n) is 10.9. The number of para-hydroxylation sites is 1. The zero-order valence-electron chi connectivity index (χ0n) is 18.6. The molecule has 2 aromatic heterocycles. The second-order valence-corrected chi connectivity index (χ2v) is 9.06. The molecule has 34 heavy (non-hydrogen) atoms. The molecule has 0 aliphatic carbocycles. The molecule has 0 saturated carbocycles.